The third-order valence-electron chi connectivity index (χ3n) is 2.41. The first-order valence-corrected chi connectivity index (χ1v) is 7.17. The van der Waals surface area contributed by atoms with Crippen molar-refractivity contribution in [1.29, 1.82) is 0 Å². The van der Waals surface area contributed by atoms with E-state index in [2.05, 4.69) is 32.6 Å². The van der Waals surface area contributed by atoms with Crippen LogP contribution in [0.15, 0.2) is 41.3 Å². The number of allylic oxidation sites excluding steroid dienone is 1. The highest BCUT2D eigenvalue weighted by Crippen LogP contribution is 2.33. The van der Waals surface area contributed by atoms with Gasteiger partial charge in [0, 0.05) is 5.56 Å². The Morgan fingerprint density at radius 1 is 1.28 bits per heavy atom. The van der Waals surface area contributed by atoms with Gasteiger partial charge in [0.2, 0.25) is 0 Å². The SMILES string of the molecule is CS/C(=C\C(O)C#Cc1ccccc1)C(C)(C)C. The molecule has 0 amide bonds. The van der Waals surface area contributed by atoms with Gasteiger partial charge in [0.25, 0.3) is 0 Å². The second kappa shape index (κ2) is 6.68. The summed E-state index contributed by atoms with van der Waals surface area (Å²) in [6, 6.07) is 9.70. The summed E-state index contributed by atoms with van der Waals surface area (Å²) >= 11 is 1.66. The lowest BCUT2D eigenvalue weighted by molar-refractivity contribution is 0.278. The van der Waals surface area contributed by atoms with Gasteiger partial charge in [0.15, 0.2) is 0 Å². The normalized spacial score (nSPS) is 13.7. The zero-order valence-corrected chi connectivity index (χ0v) is 12.2. The Hall–Kier alpha value is -1.17. The molecule has 0 bridgehead atoms. The molecule has 1 atom stereocenters. The number of hydrogen-bond donors (Lipinski definition) is 1. The fourth-order valence-electron chi connectivity index (χ4n) is 1.49. The third-order valence-corrected chi connectivity index (χ3v) is 3.59. The number of benzene rings is 1. The Kier molecular flexibility index (Phi) is 5.53. The molecular formula is C16H20OS. The lowest BCUT2D eigenvalue weighted by Crippen LogP contribution is -2.10. The minimum absolute atomic E-state index is 0.0504. The lowest BCUT2D eigenvalue weighted by Gasteiger charge is -2.21. The molecule has 1 nitrogen and oxygen atoms in total. The highest BCUT2D eigenvalue weighted by atomic mass is 32.2. The van der Waals surface area contributed by atoms with Crippen LogP contribution in [0.1, 0.15) is 26.3 Å². The van der Waals surface area contributed by atoms with Crippen LogP contribution in [-0.4, -0.2) is 17.5 Å². The van der Waals surface area contributed by atoms with Gasteiger partial charge in [-0.25, -0.2) is 0 Å². The molecule has 0 aromatic heterocycles. The van der Waals surface area contributed by atoms with Gasteiger partial charge in [0.05, 0.1) is 0 Å². The molecule has 1 aromatic carbocycles. The summed E-state index contributed by atoms with van der Waals surface area (Å²) in [6.07, 6.45) is 3.14. The first kappa shape index (κ1) is 14.9. The summed E-state index contributed by atoms with van der Waals surface area (Å²) < 4.78 is 0. The molecule has 0 spiro atoms. The fraction of sp³-hybridized carbons (Fsp3) is 0.375. The molecule has 1 N–H and O–H groups in total. The van der Waals surface area contributed by atoms with Crippen molar-refractivity contribution >= 4 is 11.8 Å². The van der Waals surface area contributed by atoms with Gasteiger partial charge in [-0.05, 0) is 34.8 Å². The molecular weight excluding hydrogens is 240 g/mol. The highest BCUT2D eigenvalue weighted by Gasteiger charge is 2.16. The van der Waals surface area contributed by atoms with Gasteiger partial charge in [-0.2, -0.15) is 0 Å². The quantitative estimate of drug-likeness (QED) is 0.818. The van der Waals surface area contributed by atoms with Gasteiger partial charge in [-0.15, -0.1) is 11.8 Å². The van der Waals surface area contributed by atoms with Crippen molar-refractivity contribution in [2.75, 3.05) is 6.26 Å². The van der Waals surface area contributed by atoms with E-state index in [-0.39, 0.29) is 5.41 Å². The summed E-state index contributed by atoms with van der Waals surface area (Å²) in [4.78, 5) is 1.15. The van der Waals surface area contributed by atoms with Crippen molar-refractivity contribution in [2.45, 2.75) is 26.9 Å². The highest BCUT2D eigenvalue weighted by molar-refractivity contribution is 8.02. The molecule has 1 aromatic rings. The van der Waals surface area contributed by atoms with Crippen molar-refractivity contribution in [3.05, 3.63) is 46.9 Å². The summed E-state index contributed by atoms with van der Waals surface area (Å²) in [5, 5.41) is 9.91. The first-order chi connectivity index (χ1) is 8.43. The predicted molar refractivity (Wildman–Crippen MR) is 80.4 cm³/mol. The molecule has 1 rings (SSSR count). The van der Waals surface area contributed by atoms with E-state index in [0.29, 0.717) is 0 Å². The molecule has 0 aliphatic rings. The minimum atomic E-state index is -0.716. The van der Waals surface area contributed by atoms with Crippen molar-refractivity contribution in [3.8, 4) is 11.8 Å². The van der Waals surface area contributed by atoms with Crippen LogP contribution in [0.3, 0.4) is 0 Å². The van der Waals surface area contributed by atoms with E-state index in [1.54, 1.807) is 11.8 Å². The van der Waals surface area contributed by atoms with Crippen LogP contribution in [0.2, 0.25) is 0 Å². The Balaban J connectivity index is 2.81. The lowest BCUT2D eigenvalue weighted by atomic mass is 9.95. The second-order valence-electron chi connectivity index (χ2n) is 5.07. The molecule has 1 unspecified atom stereocenters. The molecule has 0 saturated heterocycles. The molecule has 0 aliphatic heterocycles. The Labute approximate surface area is 114 Å². The number of thioether (sulfide) groups is 1. The first-order valence-electron chi connectivity index (χ1n) is 5.94. The van der Waals surface area contributed by atoms with E-state index in [0.717, 1.165) is 10.5 Å². The van der Waals surface area contributed by atoms with Gasteiger partial charge in [-0.1, -0.05) is 50.8 Å². The van der Waals surface area contributed by atoms with Crippen molar-refractivity contribution in [1.82, 2.24) is 0 Å². The van der Waals surface area contributed by atoms with Gasteiger partial charge in [-0.3, -0.25) is 0 Å². The molecule has 18 heavy (non-hydrogen) atoms. The van der Waals surface area contributed by atoms with Gasteiger partial charge in [0.1, 0.15) is 6.10 Å². The summed E-state index contributed by atoms with van der Waals surface area (Å²) in [5.74, 6) is 5.82. The van der Waals surface area contributed by atoms with Gasteiger partial charge >= 0.3 is 0 Å². The summed E-state index contributed by atoms with van der Waals surface area (Å²) in [5.41, 5.74) is 0.973. The predicted octanol–water partition coefficient (Wildman–Crippen LogP) is 3.69. The van der Waals surface area contributed by atoms with E-state index >= 15 is 0 Å². The maximum atomic E-state index is 9.91. The summed E-state index contributed by atoms with van der Waals surface area (Å²) in [6.45, 7) is 6.39. The monoisotopic (exact) mass is 260 g/mol. The Morgan fingerprint density at radius 3 is 2.39 bits per heavy atom. The largest absolute Gasteiger partial charge is 0.377 e. The van der Waals surface area contributed by atoms with Crippen LogP contribution < -0.4 is 0 Å². The van der Waals surface area contributed by atoms with Crippen LogP contribution in [0, 0.1) is 17.3 Å². The average Bonchev–Trinajstić information content (AvgIpc) is 2.33. The molecule has 0 saturated carbocycles. The third kappa shape index (κ3) is 5.00. The van der Waals surface area contributed by atoms with E-state index in [9.17, 15) is 5.11 Å². The number of hydrogen-bond acceptors (Lipinski definition) is 2. The molecule has 0 radical (unpaired) electrons. The van der Waals surface area contributed by atoms with Crippen LogP contribution in [0.4, 0.5) is 0 Å². The van der Waals surface area contributed by atoms with Crippen LogP contribution in [-0.2, 0) is 0 Å². The van der Waals surface area contributed by atoms with E-state index in [1.807, 2.05) is 42.7 Å². The van der Waals surface area contributed by atoms with Gasteiger partial charge < -0.3 is 5.11 Å². The maximum Gasteiger partial charge on any atom is 0.134 e. The maximum absolute atomic E-state index is 9.91. The average molecular weight is 260 g/mol. The van der Waals surface area contributed by atoms with E-state index in [1.165, 1.54) is 0 Å². The summed E-state index contributed by atoms with van der Waals surface area (Å²) in [7, 11) is 0. The van der Waals surface area contributed by atoms with Crippen LogP contribution >= 0.6 is 11.8 Å². The van der Waals surface area contributed by atoms with E-state index < -0.39 is 6.10 Å². The van der Waals surface area contributed by atoms with Crippen molar-refractivity contribution < 1.29 is 5.11 Å². The van der Waals surface area contributed by atoms with Crippen molar-refractivity contribution in [3.63, 3.8) is 0 Å². The molecule has 0 heterocycles. The zero-order valence-electron chi connectivity index (χ0n) is 11.4. The number of aliphatic hydroxyl groups excluding tert-OH is 1. The smallest absolute Gasteiger partial charge is 0.134 e. The Bertz CT molecular complexity index is 457. The van der Waals surface area contributed by atoms with E-state index in [4.69, 9.17) is 0 Å². The topological polar surface area (TPSA) is 20.2 Å². The minimum Gasteiger partial charge on any atom is -0.377 e. The van der Waals surface area contributed by atoms with Crippen molar-refractivity contribution in [2.24, 2.45) is 5.41 Å². The number of aliphatic hydroxyl groups is 1. The zero-order chi connectivity index (χ0) is 13.6. The second-order valence-corrected chi connectivity index (χ2v) is 5.91. The standard InChI is InChI=1S/C16H20OS/c1-16(2,3)15(18-4)12-14(17)11-10-13-8-6-5-7-9-13/h5-9,12,14,17H,1-4H3/b15-12-. The number of rotatable bonds is 2. The Morgan fingerprint density at radius 2 is 1.89 bits per heavy atom. The molecule has 0 aliphatic carbocycles. The molecule has 2 heteroatoms. The molecule has 96 valence electrons. The van der Waals surface area contributed by atoms with Crippen LogP contribution in [0.25, 0.3) is 0 Å². The fourth-order valence-corrected chi connectivity index (χ4v) is 2.37. The van der Waals surface area contributed by atoms with Crippen LogP contribution in [0.5, 0.6) is 0 Å². The molecule has 0 fully saturated rings.